The van der Waals surface area contributed by atoms with E-state index in [2.05, 4.69) is 15.5 Å². The van der Waals surface area contributed by atoms with Gasteiger partial charge in [0.2, 0.25) is 5.91 Å². The van der Waals surface area contributed by atoms with Gasteiger partial charge in [0, 0.05) is 17.6 Å². The lowest BCUT2D eigenvalue weighted by Crippen LogP contribution is -2.54. The van der Waals surface area contributed by atoms with Crippen LogP contribution in [0.1, 0.15) is 53.4 Å². The summed E-state index contributed by atoms with van der Waals surface area (Å²) in [5.74, 6) is 0.112. The average Bonchev–Trinajstić information content (AvgIpc) is 2.73. The molecule has 2 heterocycles. The highest BCUT2D eigenvalue weighted by atomic mass is 16.2. The van der Waals surface area contributed by atoms with E-state index in [1.54, 1.807) is 0 Å². The molecule has 2 N–H and O–H groups in total. The zero-order valence-electron chi connectivity index (χ0n) is 12.8. The Morgan fingerprint density at radius 2 is 2.00 bits per heavy atom. The van der Waals surface area contributed by atoms with Crippen LogP contribution in [-0.2, 0) is 4.79 Å². The minimum atomic E-state index is -0.151. The molecule has 0 saturated carbocycles. The number of nitrogens with zero attached hydrogens (tertiary/aromatic N) is 1. The number of rotatable bonds is 3. The summed E-state index contributed by atoms with van der Waals surface area (Å²) in [6, 6.07) is 1.15. The molecule has 0 aromatic carbocycles. The van der Waals surface area contributed by atoms with E-state index in [1.165, 1.54) is 38.8 Å². The molecule has 4 heteroatoms. The molecule has 2 aliphatic heterocycles. The third kappa shape index (κ3) is 4.18. The molecule has 0 aromatic heterocycles. The highest BCUT2D eigenvalue weighted by molar-refractivity contribution is 5.81. The lowest BCUT2D eigenvalue weighted by Gasteiger charge is -2.36. The van der Waals surface area contributed by atoms with Gasteiger partial charge in [-0.15, -0.1) is 0 Å². The SMILES string of the molecule is CC(NC1CCN2CCCC2C1)C(=O)NC(C)(C)C. The first-order valence-electron chi connectivity index (χ1n) is 7.67. The van der Waals surface area contributed by atoms with Crippen molar-refractivity contribution in [1.29, 1.82) is 0 Å². The van der Waals surface area contributed by atoms with Gasteiger partial charge in [-0.05, 0) is 66.5 Å². The van der Waals surface area contributed by atoms with Gasteiger partial charge in [-0.3, -0.25) is 4.79 Å². The molecular formula is C15H29N3O. The number of amides is 1. The van der Waals surface area contributed by atoms with Crippen molar-refractivity contribution in [2.24, 2.45) is 0 Å². The fourth-order valence-electron chi connectivity index (χ4n) is 3.28. The maximum absolute atomic E-state index is 12.1. The van der Waals surface area contributed by atoms with Gasteiger partial charge in [-0.1, -0.05) is 0 Å². The highest BCUT2D eigenvalue weighted by Crippen LogP contribution is 2.26. The molecule has 2 fully saturated rings. The Hall–Kier alpha value is -0.610. The van der Waals surface area contributed by atoms with Gasteiger partial charge in [0.25, 0.3) is 0 Å². The maximum Gasteiger partial charge on any atom is 0.237 e. The molecule has 19 heavy (non-hydrogen) atoms. The molecular weight excluding hydrogens is 238 g/mol. The molecule has 0 bridgehead atoms. The highest BCUT2D eigenvalue weighted by Gasteiger charge is 2.32. The summed E-state index contributed by atoms with van der Waals surface area (Å²) in [4.78, 5) is 14.7. The largest absolute Gasteiger partial charge is 0.350 e. The monoisotopic (exact) mass is 267 g/mol. The summed E-state index contributed by atoms with van der Waals surface area (Å²) in [6.07, 6.45) is 5.05. The molecule has 4 nitrogen and oxygen atoms in total. The van der Waals surface area contributed by atoms with E-state index in [-0.39, 0.29) is 17.5 Å². The number of piperidine rings is 1. The molecule has 3 unspecified atom stereocenters. The summed E-state index contributed by atoms with van der Waals surface area (Å²) in [5, 5.41) is 6.56. The van der Waals surface area contributed by atoms with Crippen molar-refractivity contribution in [3.8, 4) is 0 Å². The van der Waals surface area contributed by atoms with Crippen LogP contribution < -0.4 is 10.6 Å². The Labute approximate surface area is 117 Å². The molecule has 2 aliphatic rings. The Morgan fingerprint density at radius 1 is 1.26 bits per heavy atom. The zero-order chi connectivity index (χ0) is 14.0. The quantitative estimate of drug-likeness (QED) is 0.814. The zero-order valence-corrected chi connectivity index (χ0v) is 12.8. The van der Waals surface area contributed by atoms with E-state index < -0.39 is 0 Å². The molecule has 0 radical (unpaired) electrons. The summed E-state index contributed by atoms with van der Waals surface area (Å²) in [6.45, 7) is 10.5. The van der Waals surface area contributed by atoms with Crippen molar-refractivity contribution in [2.75, 3.05) is 13.1 Å². The molecule has 0 spiro atoms. The van der Waals surface area contributed by atoms with E-state index in [4.69, 9.17) is 0 Å². The summed E-state index contributed by atoms with van der Waals surface area (Å²) >= 11 is 0. The average molecular weight is 267 g/mol. The Bertz CT molecular complexity index is 324. The van der Waals surface area contributed by atoms with Gasteiger partial charge >= 0.3 is 0 Å². The number of nitrogens with one attached hydrogen (secondary N) is 2. The number of carbonyl (C=O) groups is 1. The standard InChI is InChI=1S/C15H29N3O/c1-11(14(19)17-15(2,3)4)16-12-7-9-18-8-5-6-13(18)10-12/h11-13,16H,5-10H2,1-4H3,(H,17,19). The molecule has 2 rings (SSSR count). The third-order valence-electron chi connectivity index (χ3n) is 4.20. The van der Waals surface area contributed by atoms with Crippen LogP contribution in [0.15, 0.2) is 0 Å². The number of hydrogen-bond acceptors (Lipinski definition) is 3. The van der Waals surface area contributed by atoms with Crippen molar-refractivity contribution < 1.29 is 4.79 Å². The first-order chi connectivity index (χ1) is 8.85. The van der Waals surface area contributed by atoms with E-state index in [0.29, 0.717) is 6.04 Å². The van der Waals surface area contributed by atoms with Crippen LogP contribution >= 0.6 is 0 Å². The van der Waals surface area contributed by atoms with Gasteiger partial charge in [0.1, 0.15) is 0 Å². The van der Waals surface area contributed by atoms with Crippen LogP contribution in [-0.4, -0.2) is 47.6 Å². The second-order valence-electron chi connectivity index (χ2n) is 7.18. The lowest BCUT2D eigenvalue weighted by atomic mass is 9.97. The van der Waals surface area contributed by atoms with E-state index >= 15 is 0 Å². The molecule has 2 saturated heterocycles. The third-order valence-corrected chi connectivity index (χ3v) is 4.20. The van der Waals surface area contributed by atoms with Crippen LogP contribution in [0.25, 0.3) is 0 Å². The molecule has 0 aromatic rings. The van der Waals surface area contributed by atoms with Gasteiger partial charge in [-0.2, -0.15) is 0 Å². The van der Waals surface area contributed by atoms with Crippen LogP contribution in [0.2, 0.25) is 0 Å². The second-order valence-corrected chi connectivity index (χ2v) is 7.18. The summed E-state index contributed by atoms with van der Waals surface area (Å²) in [7, 11) is 0. The van der Waals surface area contributed by atoms with Crippen molar-refractivity contribution >= 4 is 5.91 Å². The Morgan fingerprint density at radius 3 is 2.68 bits per heavy atom. The first kappa shape index (κ1) is 14.8. The van der Waals surface area contributed by atoms with Gasteiger partial charge < -0.3 is 15.5 Å². The topological polar surface area (TPSA) is 44.4 Å². The Balaban J connectivity index is 1.79. The number of hydrogen-bond donors (Lipinski definition) is 2. The van der Waals surface area contributed by atoms with Crippen LogP contribution in [0, 0.1) is 0 Å². The molecule has 3 atom stereocenters. The van der Waals surface area contributed by atoms with Crippen LogP contribution in [0.4, 0.5) is 0 Å². The fraction of sp³-hybridized carbons (Fsp3) is 0.933. The van der Waals surface area contributed by atoms with Gasteiger partial charge in [0.15, 0.2) is 0 Å². The van der Waals surface area contributed by atoms with Gasteiger partial charge in [-0.25, -0.2) is 0 Å². The summed E-state index contributed by atoms with van der Waals surface area (Å²) in [5.41, 5.74) is -0.151. The number of carbonyl (C=O) groups excluding carboxylic acids is 1. The van der Waals surface area contributed by atoms with E-state index in [0.717, 1.165) is 6.04 Å². The summed E-state index contributed by atoms with van der Waals surface area (Å²) < 4.78 is 0. The molecule has 1 amide bonds. The minimum absolute atomic E-state index is 0.0998. The molecule has 0 aliphatic carbocycles. The minimum Gasteiger partial charge on any atom is -0.350 e. The van der Waals surface area contributed by atoms with Gasteiger partial charge in [0.05, 0.1) is 6.04 Å². The fourth-order valence-corrected chi connectivity index (χ4v) is 3.28. The van der Waals surface area contributed by atoms with E-state index in [9.17, 15) is 4.79 Å². The van der Waals surface area contributed by atoms with Crippen molar-refractivity contribution in [3.05, 3.63) is 0 Å². The predicted octanol–water partition coefficient (Wildman–Crippen LogP) is 1.51. The van der Waals surface area contributed by atoms with Crippen LogP contribution in [0.5, 0.6) is 0 Å². The maximum atomic E-state index is 12.1. The predicted molar refractivity (Wildman–Crippen MR) is 78.1 cm³/mol. The van der Waals surface area contributed by atoms with Crippen LogP contribution in [0.3, 0.4) is 0 Å². The van der Waals surface area contributed by atoms with Crippen molar-refractivity contribution in [3.63, 3.8) is 0 Å². The van der Waals surface area contributed by atoms with Crippen molar-refractivity contribution in [2.45, 2.75) is 77.0 Å². The normalized spacial score (nSPS) is 29.9. The van der Waals surface area contributed by atoms with E-state index in [1.807, 2.05) is 27.7 Å². The van der Waals surface area contributed by atoms with Crippen molar-refractivity contribution in [1.82, 2.24) is 15.5 Å². The lowest BCUT2D eigenvalue weighted by molar-refractivity contribution is -0.124. The number of fused-ring (bicyclic) bond motifs is 1. The smallest absolute Gasteiger partial charge is 0.237 e. The first-order valence-corrected chi connectivity index (χ1v) is 7.67. The Kier molecular flexibility index (Phi) is 4.51. The second kappa shape index (κ2) is 5.80. The molecule has 110 valence electrons.